The van der Waals surface area contributed by atoms with Crippen LogP contribution in [0.1, 0.15) is 24.8 Å². The second-order valence-corrected chi connectivity index (χ2v) is 5.78. The summed E-state index contributed by atoms with van der Waals surface area (Å²) in [6, 6.07) is 7.85. The number of carbonyl (C=O) groups excluding carboxylic acids is 1. The molecule has 1 aromatic rings. The molecular weight excluding hydrogens is 270 g/mol. The minimum atomic E-state index is -0.864. The second kappa shape index (κ2) is 5.76. The van der Waals surface area contributed by atoms with Gasteiger partial charge in [-0.2, -0.15) is 0 Å². The molecule has 2 aliphatic rings. The first-order chi connectivity index (χ1) is 10.1. The molecule has 1 saturated carbocycles. The summed E-state index contributed by atoms with van der Waals surface area (Å²) >= 11 is 0. The first kappa shape index (κ1) is 13.9. The van der Waals surface area contributed by atoms with Crippen LogP contribution < -0.4 is 10.1 Å². The lowest BCUT2D eigenvalue weighted by Gasteiger charge is -2.17. The summed E-state index contributed by atoms with van der Waals surface area (Å²) in [4.78, 5) is 23.3. The van der Waals surface area contributed by atoms with Gasteiger partial charge in [0.05, 0.1) is 18.4 Å². The van der Waals surface area contributed by atoms with E-state index in [4.69, 9.17) is 9.84 Å². The van der Waals surface area contributed by atoms with Gasteiger partial charge in [-0.3, -0.25) is 9.59 Å². The van der Waals surface area contributed by atoms with Crippen LogP contribution in [0.15, 0.2) is 24.3 Å². The van der Waals surface area contributed by atoms with Crippen molar-refractivity contribution in [2.75, 3.05) is 6.54 Å². The van der Waals surface area contributed by atoms with Crippen molar-refractivity contribution in [3.05, 3.63) is 29.8 Å². The monoisotopic (exact) mass is 289 g/mol. The molecule has 5 heteroatoms. The van der Waals surface area contributed by atoms with Crippen LogP contribution in [0.25, 0.3) is 0 Å². The van der Waals surface area contributed by atoms with Crippen LogP contribution in [0, 0.1) is 11.8 Å². The van der Waals surface area contributed by atoms with Gasteiger partial charge in [-0.25, -0.2) is 0 Å². The fraction of sp³-hybridized carbons (Fsp3) is 0.500. The number of carboxylic acid groups (broad SMARTS) is 1. The fourth-order valence-electron chi connectivity index (χ4n) is 3.28. The van der Waals surface area contributed by atoms with E-state index in [1.165, 1.54) is 0 Å². The van der Waals surface area contributed by atoms with Crippen molar-refractivity contribution in [2.24, 2.45) is 11.8 Å². The van der Waals surface area contributed by atoms with Gasteiger partial charge in [0.25, 0.3) is 0 Å². The highest BCUT2D eigenvalue weighted by molar-refractivity contribution is 5.85. The molecule has 0 radical (unpaired) electrons. The van der Waals surface area contributed by atoms with Gasteiger partial charge in [-0.05, 0) is 24.5 Å². The minimum absolute atomic E-state index is 0.0592. The normalized spacial score (nSPS) is 27.0. The van der Waals surface area contributed by atoms with E-state index in [0.717, 1.165) is 24.2 Å². The Balaban J connectivity index is 1.52. The van der Waals surface area contributed by atoms with Gasteiger partial charge in [0.15, 0.2) is 0 Å². The number of para-hydroxylation sites is 1. The maximum absolute atomic E-state index is 12.2. The predicted molar refractivity (Wildman–Crippen MR) is 76.0 cm³/mol. The number of hydrogen-bond donors (Lipinski definition) is 2. The number of carbonyl (C=O) groups is 2. The van der Waals surface area contributed by atoms with E-state index >= 15 is 0 Å². The molecule has 1 aliphatic carbocycles. The molecule has 1 amide bonds. The lowest BCUT2D eigenvalue weighted by atomic mass is 9.95. The second-order valence-electron chi connectivity index (χ2n) is 5.78. The van der Waals surface area contributed by atoms with Crippen molar-refractivity contribution in [1.82, 2.24) is 5.32 Å². The number of aliphatic carboxylic acids is 1. The van der Waals surface area contributed by atoms with E-state index in [1.54, 1.807) is 0 Å². The molecule has 5 nitrogen and oxygen atoms in total. The number of nitrogens with one attached hydrogen (secondary N) is 1. The Morgan fingerprint density at radius 2 is 2.00 bits per heavy atom. The van der Waals surface area contributed by atoms with Crippen molar-refractivity contribution in [2.45, 2.75) is 31.8 Å². The van der Waals surface area contributed by atoms with Gasteiger partial charge in [-0.1, -0.05) is 24.6 Å². The SMILES string of the molecule is O=C(O)[C@H]1CCC[C@H]1C(=O)NCC1Cc2ccccc2O1. The molecule has 1 unspecified atom stereocenters. The van der Waals surface area contributed by atoms with Crippen LogP contribution in [-0.4, -0.2) is 29.6 Å². The first-order valence-electron chi connectivity index (χ1n) is 7.40. The van der Waals surface area contributed by atoms with E-state index in [9.17, 15) is 9.59 Å². The van der Waals surface area contributed by atoms with Crippen molar-refractivity contribution in [3.8, 4) is 5.75 Å². The molecule has 21 heavy (non-hydrogen) atoms. The summed E-state index contributed by atoms with van der Waals surface area (Å²) < 4.78 is 5.76. The van der Waals surface area contributed by atoms with Gasteiger partial charge in [0.2, 0.25) is 5.91 Å². The Labute approximate surface area is 123 Å². The third-order valence-corrected chi connectivity index (χ3v) is 4.39. The number of rotatable bonds is 4. The van der Waals surface area contributed by atoms with Crippen LogP contribution in [0.5, 0.6) is 5.75 Å². The molecule has 0 saturated heterocycles. The van der Waals surface area contributed by atoms with Crippen molar-refractivity contribution in [3.63, 3.8) is 0 Å². The molecule has 0 aromatic heterocycles. The maximum atomic E-state index is 12.2. The molecule has 1 aliphatic heterocycles. The Morgan fingerprint density at radius 3 is 2.76 bits per heavy atom. The molecule has 112 valence electrons. The highest BCUT2D eigenvalue weighted by atomic mass is 16.5. The van der Waals surface area contributed by atoms with Crippen LogP contribution >= 0.6 is 0 Å². The van der Waals surface area contributed by atoms with Crippen LogP contribution in [0.4, 0.5) is 0 Å². The number of carboxylic acids is 1. The number of hydrogen-bond acceptors (Lipinski definition) is 3. The Hall–Kier alpha value is -2.04. The number of benzene rings is 1. The average Bonchev–Trinajstić information content (AvgIpc) is 3.10. The van der Waals surface area contributed by atoms with Gasteiger partial charge < -0.3 is 15.2 Å². The van der Waals surface area contributed by atoms with E-state index in [0.29, 0.717) is 19.4 Å². The molecule has 3 rings (SSSR count). The van der Waals surface area contributed by atoms with E-state index < -0.39 is 17.8 Å². The van der Waals surface area contributed by atoms with E-state index in [2.05, 4.69) is 5.32 Å². The fourth-order valence-corrected chi connectivity index (χ4v) is 3.28. The van der Waals surface area contributed by atoms with Crippen molar-refractivity contribution < 1.29 is 19.4 Å². The summed E-state index contributed by atoms with van der Waals surface area (Å²) in [5.41, 5.74) is 1.15. The zero-order chi connectivity index (χ0) is 14.8. The number of fused-ring (bicyclic) bond motifs is 1. The zero-order valence-electron chi connectivity index (χ0n) is 11.7. The first-order valence-corrected chi connectivity index (χ1v) is 7.40. The molecule has 0 spiro atoms. The molecule has 1 fully saturated rings. The third kappa shape index (κ3) is 2.86. The predicted octanol–water partition coefficient (Wildman–Crippen LogP) is 1.61. The molecule has 1 heterocycles. The Kier molecular flexibility index (Phi) is 3.82. The van der Waals surface area contributed by atoms with Gasteiger partial charge in [-0.15, -0.1) is 0 Å². The highest BCUT2D eigenvalue weighted by Crippen LogP contribution is 2.32. The maximum Gasteiger partial charge on any atom is 0.307 e. The quantitative estimate of drug-likeness (QED) is 0.883. The summed E-state index contributed by atoms with van der Waals surface area (Å²) in [7, 11) is 0. The number of amides is 1. The topological polar surface area (TPSA) is 75.6 Å². The Morgan fingerprint density at radius 1 is 1.24 bits per heavy atom. The zero-order valence-corrected chi connectivity index (χ0v) is 11.7. The highest BCUT2D eigenvalue weighted by Gasteiger charge is 2.38. The largest absolute Gasteiger partial charge is 0.488 e. The summed E-state index contributed by atoms with van der Waals surface area (Å²) in [6.45, 7) is 0.427. The number of ether oxygens (including phenoxy) is 1. The minimum Gasteiger partial charge on any atom is -0.488 e. The molecule has 3 atom stereocenters. The van der Waals surface area contributed by atoms with Crippen LogP contribution in [0.3, 0.4) is 0 Å². The lowest BCUT2D eigenvalue weighted by Crippen LogP contribution is -2.40. The Bertz CT molecular complexity index is 532. The van der Waals surface area contributed by atoms with E-state index in [-0.39, 0.29) is 12.0 Å². The standard InChI is InChI=1S/C16H19NO4/c18-15(12-5-3-6-13(12)16(19)20)17-9-11-8-10-4-1-2-7-14(10)21-11/h1-2,4,7,11-13H,3,5-6,8-9H2,(H,17,18)(H,19,20)/t11?,12-,13+/m1/s1. The summed E-state index contributed by atoms with van der Waals surface area (Å²) in [6.07, 6.45) is 2.79. The van der Waals surface area contributed by atoms with Crippen LogP contribution in [-0.2, 0) is 16.0 Å². The smallest absolute Gasteiger partial charge is 0.307 e. The van der Waals surface area contributed by atoms with Crippen LogP contribution in [0.2, 0.25) is 0 Å². The summed E-state index contributed by atoms with van der Waals surface area (Å²) in [5.74, 6) is -1.07. The van der Waals surface area contributed by atoms with Gasteiger partial charge in [0.1, 0.15) is 11.9 Å². The van der Waals surface area contributed by atoms with Crippen molar-refractivity contribution >= 4 is 11.9 Å². The van der Waals surface area contributed by atoms with Crippen molar-refractivity contribution in [1.29, 1.82) is 0 Å². The van der Waals surface area contributed by atoms with E-state index in [1.807, 2.05) is 24.3 Å². The summed E-state index contributed by atoms with van der Waals surface area (Å²) in [5, 5.41) is 12.0. The lowest BCUT2D eigenvalue weighted by molar-refractivity contribution is -0.146. The molecule has 0 bridgehead atoms. The third-order valence-electron chi connectivity index (χ3n) is 4.39. The average molecular weight is 289 g/mol. The molecular formula is C16H19NO4. The van der Waals surface area contributed by atoms with Gasteiger partial charge >= 0.3 is 5.97 Å². The van der Waals surface area contributed by atoms with Gasteiger partial charge in [0, 0.05) is 6.42 Å². The molecule has 2 N–H and O–H groups in total. The molecule has 1 aromatic carbocycles.